The first-order valence-corrected chi connectivity index (χ1v) is 7.53. The highest BCUT2D eigenvalue weighted by Gasteiger charge is 2.39. The Labute approximate surface area is 124 Å². The molecule has 0 aliphatic carbocycles. The highest BCUT2D eigenvalue weighted by atomic mass is 16.5. The monoisotopic (exact) mass is 278 g/mol. The molecular formula is C18H18N2O. The quantitative estimate of drug-likeness (QED) is 0.830. The molecule has 2 atom stereocenters. The molecular weight excluding hydrogens is 260 g/mol. The van der Waals surface area contributed by atoms with Gasteiger partial charge in [0.1, 0.15) is 5.75 Å². The molecule has 3 nitrogen and oxygen atoms in total. The van der Waals surface area contributed by atoms with Crippen molar-refractivity contribution in [2.45, 2.75) is 32.0 Å². The minimum atomic E-state index is 0.0334. The van der Waals surface area contributed by atoms with Gasteiger partial charge >= 0.3 is 0 Å². The Hall–Kier alpha value is -2.29. The molecule has 2 heterocycles. The topological polar surface area (TPSA) is 24.8 Å². The molecule has 0 N–H and O–H groups in total. The van der Waals surface area contributed by atoms with Crippen LogP contribution in [0.1, 0.15) is 36.9 Å². The first kappa shape index (κ1) is 12.5. The van der Waals surface area contributed by atoms with Gasteiger partial charge < -0.3 is 4.74 Å². The van der Waals surface area contributed by atoms with Gasteiger partial charge in [-0.05, 0) is 11.6 Å². The van der Waals surface area contributed by atoms with E-state index in [-0.39, 0.29) is 6.23 Å². The Morgan fingerprint density at radius 3 is 2.67 bits per heavy atom. The van der Waals surface area contributed by atoms with Crippen LogP contribution in [0.5, 0.6) is 5.75 Å². The zero-order chi connectivity index (χ0) is 14.2. The SMILES string of the molecule is CC[C@@H]1Oc2ccccc2[C@@H]2CC(c3ccccc3)=NN12. The molecule has 106 valence electrons. The second-order valence-corrected chi connectivity index (χ2v) is 5.53. The molecule has 0 fully saturated rings. The minimum Gasteiger partial charge on any atom is -0.469 e. The zero-order valence-corrected chi connectivity index (χ0v) is 12.1. The van der Waals surface area contributed by atoms with E-state index in [2.05, 4.69) is 54.4 Å². The molecule has 0 bridgehead atoms. The Kier molecular flexibility index (Phi) is 2.92. The van der Waals surface area contributed by atoms with Crippen LogP contribution < -0.4 is 4.74 Å². The van der Waals surface area contributed by atoms with E-state index in [0.29, 0.717) is 6.04 Å². The maximum Gasteiger partial charge on any atom is 0.187 e. The lowest BCUT2D eigenvalue weighted by Gasteiger charge is -2.37. The first-order valence-electron chi connectivity index (χ1n) is 7.53. The molecule has 0 saturated carbocycles. The fraction of sp³-hybridized carbons (Fsp3) is 0.278. The summed E-state index contributed by atoms with van der Waals surface area (Å²) in [5.74, 6) is 1.01. The fourth-order valence-corrected chi connectivity index (χ4v) is 3.18. The molecule has 0 aromatic heterocycles. The normalized spacial score (nSPS) is 23.1. The number of ether oxygens (including phenoxy) is 1. The molecule has 0 radical (unpaired) electrons. The average Bonchev–Trinajstić information content (AvgIpc) is 3.00. The van der Waals surface area contributed by atoms with Gasteiger partial charge in [-0.15, -0.1) is 0 Å². The zero-order valence-electron chi connectivity index (χ0n) is 12.1. The van der Waals surface area contributed by atoms with Crippen LogP contribution >= 0.6 is 0 Å². The molecule has 0 unspecified atom stereocenters. The number of hydrogen-bond donors (Lipinski definition) is 0. The van der Waals surface area contributed by atoms with Crippen LogP contribution in [0.15, 0.2) is 59.7 Å². The van der Waals surface area contributed by atoms with E-state index in [4.69, 9.17) is 9.84 Å². The predicted octanol–water partition coefficient (Wildman–Crippen LogP) is 3.97. The number of hydrogen-bond acceptors (Lipinski definition) is 3. The Morgan fingerprint density at radius 2 is 1.86 bits per heavy atom. The van der Waals surface area contributed by atoms with Gasteiger partial charge in [-0.2, -0.15) is 5.10 Å². The van der Waals surface area contributed by atoms with Crippen LogP contribution in [-0.4, -0.2) is 16.9 Å². The number of fused-ring (bicyclic) bond motifs is 3. The van der Waals surface area contributed by atoms with Crippen molar-refractivity contribution in [2.75, 3.05) is 0 Å². The van der Waals surface area contributed by atoms with E-state index in [1.807, 2.05) is 12.1 Å². The maximum atomic E-state index is 6.10. The van der Waals surface area contributed by atoms with Crippen LogP contribution in [0, 0.1) is 0 Å². The third kappa shape index (κ3) is 2.00. The lowest BCUT2D eigenvalue weighted by atomic mass is 9.96. The molecule has 0 spiro atoms. The van der Waals surface area contributed by atoms with Gasteiger partial charge in [-0.3, -0.25) is 5.01 Å². The fourth-order valence-electron chi connectivity index (χ4n) is 3.18. The Bertz CT molecular complexity index is 681. The predicted molar refractivity (Wildman–Crippen MR) is 83.3 cm³/mol. The number of hydrazone groups is 1. The summed E-state index contributed by atoms with van der Waals surface area (Å²) in [7, 11) is 0. The van der Waals surface area contributed by atoms with Crippen molar-refractivity contribution in [3.63, 3.8) is 0 Å². The van der Waals surface area contributed by atoms with Crippen molar-refractivity contribution < 1.29 is 4.74 Å². The molecule has 3 heteroatoms. The highest BCUT2D eigenvalue weighted by molar-refractivity contribution is 6.01. The summed E-state index contributed by atoms with van der Waals surface area (Å²) in [6.45, 7) is 2.14. The van der Waals surface area contributed by atoms with E-state index in [9.17, 15) is 0 Å². The Balaban J connectivity index is 1.74. The van der Waals surface area contributed by atoms with E-state index in [1.165, 1.54) is 11.1 Å². The van der Waals surface area contributed by atoms with Gasteiger partial charge in [0, 0.05) is 18.4 Å². The summed E-state index contributed by atoms with van der Waals surface area (Å²) in [5, 5.41) is 7.00. The third-order valence-electron chi connectivity index (χ3n) is 4.23. The van der Waals surface area contributed by atoms with Crippen molar-refractivity contribution in [2.24, 2.45) is 5.10 Å². The van der Waals surface area contributed by atoms with Gasteiger partial charge in [-0.25, -0.2) is 0 Å². The van der Waals surface area contributed by atoms with E-state index < -0.39 is 0 Å². The number of rotatable bonds is 2. The molecule has 2 aromatic carbocycles. The summed E-state index contributed by atoms with van der Waals surface area (Å²) in [5.41, 5.74) is 3.61. The summed E-state index contributed by atoms with van der Waals surface area (Å²) in [4.78, 5) is 0. The molecule has 2 aliphatic heterocycles. The van der Waals surface area contributed by atoms with E-state index >= 15 is 0 Å². The van der Waals surface area contributed by atoms with Gasteiger partial charge in [0.15, 0.2) is 6.23 Å². The van der Waals surface area contributed by atoms with Crippen molar-refractivity contribution in [1.29, 1.82) is 0 Å². The van der Waals surface area contributed by atoms with Crippen LogP contribution in [0.2, 0.25) is 0 Å². The number of para-hydroxylation sites is 1. The number of benzene rings is 2. The molecule has 4 rings (SSSR count). The van der Waals surface area contributed by atoms with Crippen molar-refractivity contribution in [1.82, 2.24) is 5.01 Å². The summed E-state index contributed by atoms with van der Waals surface area (Å²) < 4.78 is 6.10. The standard InChI is InChI=1S/C18H18N2O/c1-2-18-20-16(14-10-6-7-11-17(14)21-18)12-15(19-20)13-8-4-3-5-9-13/h3-11,16,18H,2,12H2,1H3/t16-,18-/m0/s1. The Morgan fingerprint density at radius 1 is 1.10 bits per heavy atom. The van der Waals surface area contributed by atoms with Crippen LogP contribution in [0.3, 0.4) is 0 Å². The average molecular weight is 278 g/mol. The van der Waals surface area contributed by atoms with Gasteiger partial charge in [0.2, 0.25) is 0 Å². The van der Waals surface area contributed by atoms with Crippen LogP contribution in [-0.2, 0) is 0 Å². The molecule has 2 aliphatic rings. The lowest BCUT2D eigenvalue weighted by Crippen LogP contribution is -2.39. The van der Waals surface area contributed by atoms with Gasteiger partial charge in [0.05, 0.1) is 11.8 Å². The minimum absolute atomic E-state index is 0.0334. The van der Waals surface area contributed by atoms with Crippen molar-refractivity contribution in [3.8, 4) is 5.75 Å². The molecule has 21 heavy (non-hydrogen) atoms. The molecule has 2 aromatic rings. The van der Waals surface area contributed by atoms with E-state index in [1.54, 1.807) is 0 Å². The van der Waals surface area contributed by atoms with Gasteiger partial charge in [-0.1, -0.05) is 55.5 Å². The maximum absolute atomic E-state index is 6.10. The molecule has 0 saturated heterocycles. The van der Waals surface area contributed by atoms with Crippen LogP contribution in [0.4, 0.5) is 0 Å². The third-order valence-corrected chi connectivity index (χ3v) is 4.23. The smallest absolute Gasteiger partial charge is 0.187 e. The van der Waals surface area contributed by atoms with Crippen LogP contribution in [0.25, 0.3) is 0 Å². The van der Waals surface area contributed by atoms with Crippen molar-refractivity contribution >= 4 is 5.71 Å². The summed E-state index contributed by atoms with van der Waals surface area (Å²) >= 11 is 0. The van der Waals surface area contributed by atoms with Gasteiger partial charge in [0.25, 0.3) is 0 Å². The van der Waals surface area contributed by atoms with Crippen molar-refractivity contribution in [3.05, 3.63) is 65.7 Å². The second kappa shape index (κ2) is 4.92. The lowest BCUT2D eigenvalue weighted by molar-refractivity contribution is -0.0188. The second-order valence-electron chi connectivity index (χ2n) is 5.53. The summed E-state index contributed by atoms with van der Waals surface area (Å²) in [6, 6.07) is 19.1. The largest absolute Gasteiger partial charge is 0.469 e. The first-order chi connectivity index (χ1) is 10.4. The molecule has 0 amide bonds. The highest BCUT2D eigenvalue weighted by Crippen LogP contribution is 2.43. The summed E-state index contributed by atoms with van der Waals surface area (Å²) in [6.07, 6.45) is 1.91. The van der Waals surface area contributed by atoms with E-state index in [0.717, 1.165) is 24.3 Å². The number of nitrogens with zero attached hydrogens (tertiary/aromatic N) is 2.